The molecule has 0 saturated carbocycles. The summed E-state index contributed by atoms with van der Waals surface area (Å²) in [5, 5.41) is 2.56. The molecule has 2 aliphatic heterocycles. The third-order valence-corrected chi connectivity index (χ3v) is 7.28. The molecule has 1 aromatic rings. The number of halogens is 1. The average Bonchev–Trinajstić information content (AvgIpc) is 2.64. The molecule has 2 fully saturated rings. The van der Waals surface area contributed by atoms with Gasteiger partial charge in [-0.25, -0.2) is 4.39 Å². The fraction of sp³-hybridized carbons (Fsp3) is 0.611. The van der Waals surface area contributed by atoms with Crippen LogP contribution in [0, 0.1) is 11.7 Å². The van der Waals surface area contributed by atoms with Crippen molar-refractivity contribution in [2.75, 3.05) is 51.1 Å². The number of hydrogen-bond donors (Lipinski definition) is 1. The number of piperidine rings is 1. The SMILES string of the molecule is CC1CCN(S(=O)(=O)N2CCN(CC(=O)Nc3ccccc3F)CC2)CC1. The molecule has 2 aliphatic rings. The van der Waals surface area contributed by atoms with Gasteiger partial charge in [-0.05, 0) is 30.9 Å². The van der Waals surface area contributed by atoms with Crippen LogP contribution in [0.5, 0.6) is 0 Å². The van der Waals surface area contributed by atoms with Gasteiger partial charge < -0.3 is 5.32 Å². The number of hydrogen-bond acceptors (Lipinski definition) is 4. The zero-order valence-corrected chi connectivity index (χ0v) is 16.4. The number of anilines is 1. The standard InChI is InChI=1S/C18H27FN4O3S/c1-15-6-8-22(9-7-15)27(25,26)23-12-10-21(11-13-23)14-18(24)20-17-5-3-2-4-16(17)19/h2-5,15H,6-14H2,1H3,(H,20,24). The van der Waals surface area contributed by atoms with Gasteiger partial charge in [0.25, 0.3) is 10.2 Å². The van der Waals surface area contributed by atoms with Gasteiger partial charge in [-0.3, -0.25) is 9.69 Å². The molecule has 1 amide bonds. The molecule has 2 saturated heterocycles. The molecule has 2 heterocycles. The molecule has 0 aliphatic carbocycles. The molecule has 0 bridgehead atoms. The number of amides is 1. The lowest BCUT2D eigenvalue weighted by Gasteiger charge is -2.38. The van der Waals surface area contributed by atoms with Gasteiger partial charge >= 0.3 is 0 Å². The van der Waals surface area contributed by atoms with Crippen molar-refractivity contribution < 1.29 is 17.6 Å². The number of carbonyl (C=O) groups excluding carboxylic acids is 1. The number of benzene rings is 1. The van der Waals surface area contributed by atoms with Crippen LogP contribution < -0.4 is 5.32 Å². The molecule has 0 spiro atoms. The first-order valence-electron chi connectivity index (χ1n) is 9.38. The molecule has 0 radical (unpaired) electrons. The van der Waals surface area contributed by atoms with Gasteiger partial charge in [-0.2, -0.15) is 17.0 Å². The molecule has 7 nitrogen and oxygen atoms in total. The van der Waals surface area contributed by atoms with Crippen LogP contribution in [0.2, 0.25) is 0 Å². The maximum Gasteiger partial charge on any atom is 0.282 e. The lowest BCUT2D eigenvalue weighted by molar-refractivity contribution is -0.117. The molecule has 1 aromatic carbocycles. The summed E-state index contributed by atoms with van der Waals surface area (Å²) in [7, 11) is -3.42. The summed E-state index contributed by atoms with van der Waals surface area (Å²) >= 11 is 0. The molecule has 3 rings (SSSR count). The van der Waals surface area contributed by atoms with E-state index in [9.17, 15) is 17.6 Å². The second-order valence-electron chi connectivity index (χ2n) is 7.29. The molecule has 150 valence electrons. The molecule has 0 aromatic heterocycles. The van der Waals surface area contributed by atoms with E-state index in [-0.39, 0.29) is 18.1 Å². The topological polar surface area (TPSA) is 73.0 Å². The van der Waals surface area contributed by atoms with Gasteiger partial charge in [-0.15, -0.1) is 0 Å². The Morgan fingerprint density at radius 3 is 2.30 bits per heavy atom. The van der Waals surface area contributed by atoms with E-state index in [1.54, 1.807) is 16.4 Å². The molecule has 27 heavy (non-hydrogen) atoms. The van der Waals surface area contributed by atoms with Gasteiger partial charge in [0.1, 0.15) is 5.82 Å². The highest BCUT2D eigenvalue weighted by atomic mass is 32.2. The smallest absolute Gasteiger partial charge is 0.282 e. The summed E-state index contributed by atoms with van der Waals surface area (Å²) in [5.41, 5.74) is 0.156. The number of nitrogens with one attached hydrogen (secondary N) is 1. The molecular formula is C18H27FN4O3S. The highest BCUT2D eigenvalue weighted by Gasteiger charge is 2.34. The summed E-state index contributed by atoms with van der Waals surface area (Å²) in [6.07, 6.45) is 1.80. The molecule has 1 N–H and O–H groups in total. The first-order chi connectivity index (χ1) is 12.9. The van der Waals surface area contributed by atoms with Crippen LogP contribution in [0.1, 0.15) is 19.8 Å². The fourth-order valence-electron chi connectivity index (χ4n) is 3.45. The summed E-state index contributed by atoms with van der Waals surface area (Å²) in [5.74, 6) is -0.208. The van der Waals surface area contributed by atoms with Gasteiger partial charge in [0, 0.05) is 39.3 Å². The van der Waals surface area contributed by atoms with E-state index in [0.29, 0.717) is 45.2 Å². The predicted molar refractivity (Wildman–Crippen MR) is 102 cm³/mol. The summed E-state index contributed by atoms with van der Waals surface area (Å²) < 4.78 is 42.2. The van der Waals surface area contributed by atoms with Crippen molar-refractivity contribution in [1.82, 2.24) is 13.5 Å². The Morgan fingerprint density at radius 1 is 1.07 bits per heavy atom. The fourth-order valence-corrected chi connectivity index (χ4v) is 5.08. The van der Waals surface area contributed by atoms with Gasteiger partial charge in [0.2, 0.25) is 5.91 Å². The Bertz CT molecular complexity index is 758. The highest BCUT2D eigenvalue weighted by Crippen LogP contribution is 2.21. The Kier molecular flexibility index (Phi) is 6.46. The number of piperazine rings is 1. The van der Waals surface area contributed by atoms with Crippen molar-refractivity contribution in [2.45, 2.75) is 19.8 Å². The molecule has 0 atom stereocenters. The van der Waals surface area contributed by atoms with Crippen LogP contribution in [0.4, 0.5) is 10.1 Å². The first kappa shape index (κ1) is 20.2. The van der Waals surface area contributed by atoms with Crippen LogP contribution in [-0.2, 0) is 15.0 Å². The zero-order valence-electron chi connectivity index (χ0n) is 15.6. The number of carbonyl (C=O) groups is 1. The minimum Gasteiger partial charge on any atom is -0.322 e. The number of nitrogens with zero attached hydrogens (tertiary/aromatic N) is 3. The Labute approximate surface area is 160 Å². The second kappa shape index (κ2) is 8.64. The Morgan fingerprint density at radius 2 is 1.67 bits per heavy atom. The van der Waals surface area contributed by atoms with Crippen molar-refractivity contribution in [2.24, 2.45) is 5.92 Å². The van der Waals surface area contributed by atoms with Gasteiger partial charge in [-0.1, -0.05) is 19.1 Å². The quantitative estimate of drug-likeness (QED) is 0.813. The van der Waals surface area contributed by atoms with Crippen LogP contribution in [0.15, 0.2) is 24.3 Å². The van der Waals surface area contributed by atoms with Crippen LogP contribution >= 0.6 is 0 Å². The van der Waals surface area contributed by atoms with E-state index in [1.165, 1.54) is 16.4 Å². The summed E-state index contributed by atoms with van der Waals surface area (Å²) in [6, 6.07) is 6.02. The monoisotopic (exact) mass is 398 g/mol. The van der Waals surface area contributed by atoms with Crippen molar-refractivity contribution >= 4 is 21.8 Å². The van der Waals surface area contributed by atoms with E-state index in [4.69, 9.17) is 0 Å². The Hall–Kier alpha value is -1.55. The van der Waals surface area contributed by atoms with E-state index >= 15 is 0 Å². The maximum absolute atomic E-state index is 13.6. The van der Waals surface area contributed by atoms with Crippen molar-refractivity contribution in [3.8, 4) is 0 Å². The largest absolute Gasteiger partial charge is 0.322 e. The van der Waals surface area contributed by atoms with Crippen molar-refractivity contribution in [3.05, 3.63) is 30.1 Å². The lowest BCUT2D eigenvalue weighted by Crippen LogP contribution is -2.55. The van der Waals surface area contributed by atoms with E-state index in [1.807, 2.05) is 4.90 Å². The molecule has 9 heteroatoms. The number of para-hydroxylation sites is 1. The first-order valence-corrected chi connectivity index (χ1v) is 10.8. The number of rotatable bonds is 5. The maximum atomic E-state index is 13.6. The van der Waals surface area contributed by atoms with Gasteiger partial charge in [0.05, 0.1) is 12.2 Å². The van der Waals surface area contributed by atoms with Crippen LogP contribution in [0.25, 0.3) is 0 Å². The molecular weight excluding hydrogens is 371 g/mol. The average molecular weight is 399 g/mol. The van der Waals surface area contributed by atoms with E-state index in [2.05, 4.69) is 12.2 Å². The van der Waals surface area contributed by atoms with Crippen LogP contribution in [-0.4, -0.2) is 73.6 Å². The molecule has 0 unspecified atom stereocenters. The van der Waals surface area contributed by atoms with Crippen molar-refractivity contribution in [3.63, 3.8) is 0 Å². The minimum absolute atomic E-state index is 0.115. The summed E-state index contributed by atoms with van der Waals surface area (Å²) in [6.45, 7) is 5.10. The third-order valence-electron chi connectivity index (χ3n) is 5.24. The van der Waals surface area contributed by atoms with Crippen LogP contribution in [0.3, 0.4) is 0 Å². The van der Waals surface area contributed by atoms with Gasteiger partial charge in [0.15, 0.2) is 0 Å². The summed E-state index contributed by atoms with van der Waals surface area (Å²) in [4.78, 5) is 14.0. The normalized spacial score (nSPS) is 21.3. The van der Waals surface area contributed by atoms with Crippen molar-refractivity contribution in [1.29, 1.82) is 0 Å². The van der Waals surface area contributed by atoms with E-state index in [0.717, 1.165) is 12.8 Å². The zero-order chi connectivity index (χ0) is 19.4. The third kappa shape index (κ3) is 5.04. The second-order valence-corrected chi connectivity index (χ2v) is 9.22. The lowest BCUT2D eigenvalue weighted by atomic mass is 10.0. The minimum atomic E-state index is -3.42. The Balaban J connectivity index is 1.48. The predicted octanol–water partition coefficient (Wildman–Crippen LogP) is 1.36. The van der Waals surface area contributed by atoms with E-state index < -0.39 is 16.0 Å². The highest BCUT2D eigenvalue weighted by molar-refractivity contribution is 7.86.